The van der Waals surface area contributed by atoms with Gasteiger partial charge in [0.1, 0.15) is 12.2 Å². The highest BCUT2D eigenvalue weighted by molar-refractivity contribution is 5.40. The van der Waals surface area contributed by atoms with E-state index in [1.54, 1.807) is 6.33 Å². The lowest BCUT2D eigenvalue weighted by molar-refractivity contribution is 0.427. The number of rotatable bonds is 4. The molecule has 1 fully saturated rings. The third-order valence-corrected chi connectivity index (χ3v) is 5.28. The van der Waals surface area contributed by atoms with E-state index in [4.69, 9.17) is 5.84 Å². The van der Waals surface area contributed by atoms with Crippen molar-refractivity contribution in [2.24, 2.45) is 24.7 Å². The Bertz CT molecular complexity index is 650. The summed E-state index contributed by atoms with van der Waals surface area (Å²) in [5, 5.41) is 4.15. The van der Waals surface area contributed by atoms with Crippen molar-refractivity contribution in [3.8, 4) is 0 Å². The number of nitrogens with two attached hydrogens (primary N) is 1. The van der Waals surface area contributed by atoms with E-state index in [1.807, 2.05) is 11.7 Å². The van der Waals surface area contributed by atoms with E-state index in [0.717, 1.165) is 18.2 Å². The first-order valence-electron chi connectivity index (χ1n) is 7.66. The van der Waals surface area contributed by atoms with Gasteiger partial charge in [-0.25, -0.2) is 4.98 Å². The fraction of sp³-hybridized carbons (Fsp3) is 0.500. The van der Waals surface area contributed by atoms with Crippen LogP contribution >= 0.6 is 0 Å². The van der Waals surface area contributed by atoms with E-state index < -0.39 is 0 Å². The summed E-state index contributed by atoms with van der Waals surface area (Å²) in [5.74, 6) is 8.91. The number of nitrogens with zero attached hydrogens (tertiary/aromatic N) is 3. The van der Waals surface area contributed by atoms with Crippen LogP contribution in [0.15, 0.2) is 30.6 Å². The van der Waals surface area contributed by atoms with Gasteiger partial charge in [0.25, 0.3) is 0 Å². The number of hydrazine groups is 1. The molecule has 2 aromatic rings. The number of hydrogen-bond acceptors (Lipinski definition) is 4. The van der Waals surface area contributed by atoms with Gasteiger partial charge in [-0.2, -0.15) is 5.10 Å². The molecule has 4 unspecified atom stereocenters. The summed E-state index contributed by atoms with van der Waals surface area (Å²) in [6.45, 7) is 0. The van der Waals surface area contributed by atoms with Crippen LogP contribution in [0.1, 0.15) is 29.3 Å². The predicted octanol–water partition coefficient (Wildman–Crippen LogP) is 1.17. The molecule has 2 aliphatic carbocycles. The first-order chi connectivity index (χ1) is 10.3. The van der Waals surface area contributed by atoms with Gasteiger partial charge in [0.2, 0.25) is 0 Å². The van der Waals surface area contributed by atoms with Gasteiger partial charge in [0, 0.05) is 19.5 Å². The zero-order chi connectivity index (χ0) is 14.4. The number of aryl methyl sites for hydroxylation is 2. The third-order valence-electron chi connectivity index (χ3n) is 5.28. The zero-order valence-electron chi connectivity index (χ0n) is 12.2. The average Bonchev–Trinajstić information content (AvgIpc) is 3.12. The van der Waals surface area contributed by atoms with Crippen molar-refractivity contribution in [1.29, 1.82) is 0 Å². The number of fused-ring (bicyclic) bond motifs is 3. The topological polar surface area (TPSA) is 68.8 Å². The quantitative estimate of drug-likeness (QED) is 0.653. The molecule has 0 aliphatic heterocycles. The molecule has 5 nitrogen and oxygen atoms in total. The smallest absolute Gasteiger partial charge is 0.138 e. The second kappa shape index (κ2) is 4.93. The van der Waals surface area contributed by atoms with Crippen LogP contribution in [0.2, 0.25) is 0 Å². The van der Waals surface area contributed by atoms with E-state index in [9.17, 15) is 0 Å². The van der Waals surface area contributed by atoms with Crippen molar-refractivity contribution in [2.45, 2.75) is 31.2 Å². The molecular formula is C16H21N5. The summed E-state index contributed by atoms with van der Waals surface area (Å²) in [4.78, 5) is 4.33. The van der Waals surface area contributed by atoms with E-state index in [-0.39, 0.29) is 6.04 Å². The monoisotopic (exact) mass is 283 g/mol. The maximum atomic E-state index is 5.85. The second-order valence-electron chi connectivity index (χ2n) is 6.28. The van der Waals surface area contributed by atoms with Crippen molar-refractivity contribution in [1.82, 2.24) is 20.2 Å². The Morgan fingerprint density at radius 2 is 2.29 bits per heavy atom. The fourth-order valence-corrected chi connectivity index (χ4v) is 4.18. The van der Waals surface area contributed by atoms with Crippen LogP contribution in [-0.4, -0.2) is 20.8 Å². The summed E-state index contributed by atoms with van der Waals surface area (Å²) >= 11 is 0. The van der Waals surface area contributed by atoms with Gasteiger partial charge in [0.05, 0.1) is 0 Å². The van der Waals surface area contributed by atoms with Crippen molar-refractivity contribution in [3.05, 3.63) is 47.5 Å². The fourth-order valence-electron chi connectivity index (χ4n) is 4.18. The van der Waals surface area contributed by atoms with E-state index >= 15 is 0 Å². The SMILES string of the molecule is Cn1ncnc1CC(NN)C1C2CCc3ccccc3C21. The standard InChI is InChI=1S/C16H21N5/c1-21-14(18-9-19-21)8-13(20-17)16-12-7-6-10-4-2-3-5-11(10)15(12)16/h2-5,9,12-13,15-16,20H,6-8,17H2,1H3. The molecule has 4 rings (SSSR count). The molecule has 0 bridgehead atoms. The van der Waals surface area contributed by atoms with Crippen LogP contribution in [0, 0.1) is 11.8 Å². The number of nitrogens with one attached hydrogen (secondary N) is 1. The highest BCUT2D eigenvalue weighted by Gasteiger charge is 2.56. The van der Waals surface area contributed by atoms with E-state index in [1.165, 1.54) is 24.0 Å². The maximum absolute atomic E-state index is 5.85. The first kappa shape index (κ1) is 13.0. The second-order valence-corrected chi connectivity index (χ2v) is 6.28. The summed E-state index contributed by atoms with van der Waals surface area (Å²) in [5.41, 5.74) is 6.10. The largest absolute Gasteiger partial charge is 0.271 e. The van der Waals surface area contributed by atoms with Crippen LogP contribution in [0.5, 0.6) is 0 Å². The lowest BCUT2D eigenvalue weighted by Gasteiger charge is -2.15. The Kier molecular flexibility index (Phi) is 3.05. The predicted molar refractivity (Wildman–Crippen MR) is 80.3 cm³/mol. The summed E-state index contributed by atoms with van der Waals surface area (Å²) in [7, 11) is 1.94. The molecule has 1 saturated carbocycles. The lowest BCUT2D eigenvalue weighted by atomic mass is 9.92. The van der Waals surface area contributed by atoms with Gasteiger partial charge in [-0.05, 0) is 41.7 Å². The molecule has 0 radical (unpaired) electrons. The zero-order valence-corrected chi connectivity index (χ0v) is 12.2. The highest BCUT2D eigenvalue weighted by atomic mass is 15.3. The minimum atomic E-state index is 0.272. The van der Waals surface area contributed by atoms with Gasteiger partial charge < -0.3 is 0 Å². The Labute approximate surface area is 124 Å². The molecule has 3 N–H and O–H groups in total. The van der Waals surface area contributed by atoms with Crippen molar-refractivity contribution < 1.29 is 0 Å². The molecule has 1 aromatic carbocycles. The average molecular weight is 283 g/mol. The molecule has 2 aliphatic rings. The Morgan fingerprint density at radius 1 is 1.43 bits per heavy atom. The molecule has 1 heterocycles. The number of benzene rings is 1. The van der Waals surface area contributed by atoms with Crippen LogP contribution in [-0.2, 0) is 19.9 Å². The Morgan fingerprint density at radius 3 is 3.05 bits per heavy atom. The molecule has 0 amide bonds. The van der Waals surface area contributed by atoms with Crippen molar-refractivity contribution >= 4 is 0 Å². The van der Waals surface area contributed by atoms with Gasteiger partial charge in [-0.3, -0.25) is 16.0 Å². The van der Waals surface area contributed by atoms with Crippen LogP contribution in [0.3, 0.4) is 0 Å². The van der Waals surface area contributed by atoms with Crippen molar-refractivity contribution in [3.63, 3.8) is 0 Å². The van der Waals surface area contributed by atoms with E-state index in [2.05, 4.69) is 39.8 Å². The molecule has 21 heavy (non-hydrogen) atoms. The Hall–Kier alpha value is -1.72. The summed E-state index contributed by atoms with van der Waals surface area (Å²) < 4.78 is 1.84. The molecule has 1 aromatic heterocycles. The minimum Gasteiger partial charge on any atom is -0.271 e. The van der Waals surface area contributed by atoms with Crippen LogP contribution < -0.4 is 11.3 Å². The summed E-state index contributed by atoms with van der Waals surface area (Å²) in [6, 6.07) is 9.14. The summed E-state index contributed by atoms with van der Waals surface area (Å²) in [6.07, 6.45) is 4.93. The van der Waals surface area contributed by atoms with Crippen LogP contribution in [0.4, 0.5) is 0 Å². The van der Waals surface area contributed by atoms with Gasteiger partial charge >= 0.3 is 0 Å². The molecule has 0 saturated heterocycles. The number of aromatic nitrogens is 3. The number of hydrogen-bond donors (Lipinski definition) is 2. The molecule has 5 heteroatoms. The molecule has 110 valence electrons. The highest BCUT2D eigenvalue weighted by Crippen LogP contribution is 2.61. The maximum Gasteiger partial charge on any atom is 0.138 e. The third kappa shape index (κ3) is 2.08. The van der Waals surface area contributed by atoms with Crippen molar-refractivity contribution in [2.75, 3.05) is 0 Å². The normalized spacial score (nSPS) is 27.8. The lowest BCUT2D eigenvalue weighted by Crippen LogP contribution is -2.40. The molecule has 0 spiro atoms. The van der Waals surface area contributed by atoms with Gasteiger partial charge in [-0.15, -0.1) is 0 Å². The van der Waals surface area contributed by atoms with E-state index in [0.29, 0.717) is 11.8 Å². The van der Waals surface area contributed by atoms with Gasteiger partial charge in [-0.1, -0.05) is 24.3 Å². The van der Waals surface area contributed by atoms with Crippen LogP contribution in [0.25, 0.3) is 0 Å². The first-order valence-corrected chi connectivity index (χ1v) is 7.66. The molecular weight excluding hydrogens is 262 g/mol. The molecule has 4 atom stereocenters. The minimum absolute atomic E-state index is 0.272. The van der Waals surface area contributed by atoms with Gasteiger partial charge in [0.15, 0.2) is 0 Å². The Balaban J connectivity index is 1.56.